The Bertz CT molecular complexity index is 979. The van der Waals surface area contributed by atoms with Crippen molar-refractivity contribution >= 4 is 5.91 Å². The summed E-state index contributed by atoms with van der Waals surface area (Å²) in [5, 5.41) is 3.09. The molecule has 1 aliphatic heterocycles. The van der Waals surface area contributed by atoms with Crippen LogP contribution in [-0.2, 0) is 6.61 Å². The number of piperidine rings is 1. The summed E-state index contributed by atoms with van der Waals surface area (Å²) < 4.78 is 16.6. The maximum absolute atomic E-state index is 13.0. The fraction of sp³-hybridized carbons (Fsp3) is 0.346. The van der Waals surface area contributed by atoms with E-state index in [1.54, 1.807) is 13.2 Å². The Balaban J connectivity index is 1.42. The predicted molar refractivity (Wildman–Crippen MR) is 123 cm³/mol. The summed E-state index contributed by atoms with van der Waals surface area (Å²) in [6.45, 7) is 2.84. The highest BCUT2D eigenvalue weighted by Crippen LogP contribution is 2.26. The van der Waals surface area contributed by atoms with Gasteiger partial charge in [-0.05, 0) is 61.8 Å². The summed E-state index contributed by atoms with van der Waals surface area (Å²) in [5.74, 6) is 1.66. The molecule has 1 aromatic heterocycles. The van der Waals surface area contributed by atoms with Crippen molar-refractivity contribution < 1.29 is 18.7 Å². The Kier molecular flexibility index (Phi) is 7.46. The van der Waals surface area contributed by atoms with Crippen LogP contribution < -0.4 is 14.8 Å². The Morgan fingerprint density at radius 3 is 2.47 bits per heavy atom. The first kappa shape index (κ1) is 22.0. The van der Waals surface area contributed by atoms with E-state index in [1.165, 1.54) is 31.1 Å². The highest BCUT2D eigenvalue weighted by atomic mass is 16.5. The lowest BCUT2D eigenvalue weighted by molar-refractivity contribution is 0.0893. The van der Waals surface area contributed by atoms with Crippen molar-refractivity contribution in [2.24, 2.45) is 0 Å². The molecule has 1 amide bonds. The summed E-state index contributed by atoms with van der Waals surface area (Å²) in [6.07, 6.45) is 5.15. The molecule has 6 nitrogen and oxygen atoms in total. The molecule has 32 heavy (non-hydrogen) atoms. The Labute approximate surface area is 189 Å². The summed E-state index contributed by atoms with van der Waals surface area (Å²) in [5.41, 5.74) is 1.89. The molecule has 1 N–H and O–H groups in total. The van der Waals surface area contributed by atoms with Gasteiger partial charge in [-0.2, -0.15) is 0 Å². The van der Waals surface area contributed by atoms with Gasteiger partial charge in [0.05, 0.1) is 19.4 Å². The van der Waals surface area contributed by atoms with Crippen LogP contribution in [0.2, 0.25) is 0 Å². The molecule has 0 bridgehead atoms. The Morgan fingerprint density at radius 1 is 1.00 bits per heavy atom. The summed E-state index contributed by atoms with van der Waals surface area (Å²) in [6, 6.07) is 19.5. The first-order valence-corrected chi connectivity index (χ1v) is 11.1. The van der Waals surface area contributed by atoms with Gasteiger partial charge in [0.2, 0.25) is 0 Å². The maximum atomic E-state index is 13.0. The van der Waals surface area contributed by atoms with Crippen molar-refractivity contribution in [2.45, 2.75) is 31.9 Å². The molecule has 4 rings (SSSR count). The largest absolute Gasteiger partial charge is 0.497 e. The fourth-order valence-electron chi connectivity index (χ4n) is 4.11. The van der Waals surface area contributed by atoms with Crippen molar-refractivity contribution in [1.29, 1.82) is 0 Å². The number of nitrogens with one attached hydrogen (secondary N) is 1. The van der Waals surface area contributed by atoms with Gasteiger partial charge < -0.3 is 19.2 Å². The summed E-state index contributed by atoms with van der Waals surface area (Å²) in [4.78, 5) is 15.4. The minimum atomic E-state index is -0.225. The molecule has 2 heterocycles. The number of furan rings is 1. The maximum Gasteiger partial charge on any atom is 0.287 e. The van der Waals surface area contributed by atoms with E-state index in [0.29, 0.717) is 12.3 Å². The number of hydrogen-bond acceptors (Lipinski definition) is 5. The van der Waals surface area contributed by atoms with E-state index in [1.807, 2.05) is 42.5 Å². The molecule has 1 saturated heterocycles. The summed E-state index contributed by atoms with van der Waals surface area (Å²) >= 11 is 0. The smallest absolute Gasteiger partial charge is 0.287 e. The van der Waals surface area contributed by atoms with Crippen molar-refractivity contribution in [3.63, 3.8) is 0 Å². The van der Waals surface area contributed by atoms with Crippen LogP contribution in [0.5, 0.6) is 11.5 Å². The van der Waals surface area contributed by atoms with Crippen LogP contribution in [0.25, 0.3) is 0 Å². The second-order valence-corrected chi connectivity index (χ2v) is 7.97. The molecule has 0 spiro atoms. The summed E-state index contributed by atoms with van der Waals surface area (Å²) in [7, 11) is 1.67. The van der Waals surface area contributed by atoms with Gasteiger partial charge >= 0.3 is 0 Å². The van der Waals surface area contributed by atoms with E-state index in [-0.39, 0.29) is 18.6 Å². The van der Waals surface area contributed by atoms with Gasteiger partial charge in [-0.1, -0.05) is 36.8 Å². The molecule has 2 aromatic carbocycles. The topological polar surface area (TPSA) is 63.9 Å². The first-order valence-electron chi connectivity index (χ1n) is 11.1. The quantitative estimate of drug-likeness (QED) is 0.523. The van der Waals surface area contributed by atoms with Crippen molar-refractivity contribution in [2.75, 3.05) is 26.7 Å². The average molecular weight is 435 g/mol. The number of ether oxygens (including phenoxy) is 2. The highest BCUT2D eigenvalue weighted by molar-refractivity contribution is 5.92. The first-order chi connectivity index (χ1) is 15.7. The molecule has 1 atom stereocenters. The number of carbonyl (C=O) groups excluding carboxylic acids is 1. The monoisotopic (exact) mass is 434 g/mol. The van der Waals surface area contributed by atoms with Crippen LogP contribution in [-0.4, -0.2) is 37.6 Å². The number of para-hydroxylation sites is 1. The lowest BCUT2D eigenvalue weighted by Crippen LogP contribution is -2.40. The third-order valence-electron chi connectivity index (χ3n) is 5.88. The van der Waals surface area contributed by atoms with Crippen LogP contribution in [0.1, 0.15) is 47.0 Å². The molecule has 1 aliphatic rings. The number of methoxy groups -OCH3 is 1. The van der Waals surface area contributed by atoms with E-state index >= 15 is 0 Å². The van der Waals surface area contributed by atoms with Crippen molar-refractivity contribution in [3.8, 4) is 11.5 Å². The second kappa shape index (κ2) is 10.9. The molecular weight excluding hydrogens is 404 g/mol. The minimum Gasteiger partial charge on any atom is -0.497 e. The Hall–Kier alpha value is -3.25. The zero-order valence-electron chi connectivity index (χ0n) is 18.5. The third kappa shape index (κ3) is 5.51. The molecule has 168 valence electrons. The van der Waals surface area contributed by atoms with Crippen molar-refractivity contribution in [1.82, 2.24) is 10.2 Å². The van der Waals surface area contributed by atoms with Crippen LogP contribution in [0.15, 0.2) is 71.3 Å². The lowest BCUT2D eigenvalue weighted by atomic mass is 10.0. The molecular formula is C26H30N2O4. The van der Waals surface area contributed by atoms with Crippen LogP contribution >= 0.6 is 0 Å². The number of rotatable bonds is 9. The molecule has 0 aliphatic carbocycles. The predicted octanol–water partition coefficient (Wildman–Crippen LogP) is 4.82. The molecule has 0 radical (unpaired) electrons. The van der Waals surface area contributed by atoms with Crippen LogP contribution in [0.4, 0.5) is 0 Å². The van der Waals surface area contributed by atoms with E-state index < -0.39 is 0 Å². The number of carbonyl (C=O) groups is 1. The molecule has 1 unspecified atom stereocenters. The molecule has 6 heteroatoms. The fourth-order valence-corrected chi connectivity index (χ4v) is 4.11. The van der Waals surface area contributed by atoms with E-state index in [0.717, 1.165) is 30.2 Å². The van der Waals surface area contributed by atoms with E-state index in [2.05, 4.69) is 22.3 Å². The van der Waals surface area contributed by atoms with Gasteiger partial charge in [0.15, 0.2) is 5.76 Å². The van der Waals surface area contributed by atoms with Gasteiger partial charge in [-0.25, -0.2) is 0 Å². The highest BCUT2D eigenvalue weighted by Gasteiger charge is 2.24. The van der Waals surface area contributed by atoms with Gasteiger partial charge in [0.25, 0.3) is 5.91 Å². The second-order valence-electron chi connectivity index (χ2n) is 7.97. The van der Waals surface area contributed by atoms with Gasteiger partial charge in [0.1, 0.15) is 18.1 Å². The van der Waals surface area contributed by atoms with Crippen molar-refractivity contribution in [3.05, 3.63) is 83.8 Å². The third-order valence-corrected chi connectivity index (χ3v) is 5.88. The van der Waals surface area contributed by atoms with Gasteiger partial charge in [0, 0.05) is 12.1 Å². The lowest BCUT2D eigenvalue weighted by Gasteiger charge is -2.35. The number of amides is 1. The number of hydrogen-bond donors (Lipinski definition) is 1. The molecule has 3 aromatic rings. The SMILES string of the molecule is COc1ccc(C(CNC(=O)c2occc2COc2ccccc2)N2CCCCC2)cc1. The molecule has 0 saturated carbocycles. The standard InChI is InChI=1S/C26H30N2O4/c1-30-22-12-10-20(11-13-22)24(28-15-6-3-7-16-28)18-27-26(29)25-21(14-17-31-25)19-32-23-8-4-2-5-9-23/h2,4-5,8-14,17,24H,3,6-7,15-16,18-19H2,1H3,(H,27,29). The number of nitrogens with zero attached hydrogens (tertiary/aromatic N) is 1. The van der Waals surface area contributed by atoms with Crippen LogP contribution in [0, 0.1) is 0 Å². The van der Waals surface area contributed by atoms with Crippen LogP contribution in [0.3, 0.4) is 0 Å². The normalized spacial score (nSPS) is 15.2. The minimum absolute atomic E-state index is 0.101. The average Bonchev–Trinajstić information content (AvgIpc) is 3.33. The van der Waals surface area contributed by atoms with E-state index in [4.69, 9.17) is 13.9 Å². The Morgan fingerprint density at radius 2 is 1.75 bits per heavy atom. The van der Waals surface area contributed by atoms with Gasteiger partial charge in [-0.3, -0.25) is 9.69 Å². The van der Waals surface area contributed by atoms with E-state index in [9.17, 15) is 4.79 Å². The number of likely N-dealkylation sites (tertiary alicyclic amines) is 1. The zero-order chi connectivity index (χ0) is 22.2. The molecule has 1 fully saturated rings. The zero-order valence-corrected chi connectivity index (χ0v) is 18.5. The van der Waals surface area contributed by atoms with Gasteiger partial charge in [-0.15, -0.1) is 0 Å². The number of benzene rings is 2.